The second kappa shape index (κ2) is 5.53. The Kier molecular flexibility index (Phi) is 4.34. The number of nitrogens with two attached hydrogens (primary N) is 1. The van der Waals surface area contributed by atoms with Crippen molar-refractivity contribution in [3.05, 3.63) is 11.6 Å². The molecule has 0 aromatic rings. The maximum atomic E-state index is 10.6. The third-order valence-corrected chi connectivity index (χ3v) is 2.32. The Morgan fingerprint density at radius 1 is 1.47 bits per heavy atom. The van der Waals surface area contributed by atoms with E-state index in [9.17, 15) is 4.79 Å². The number of urea groups is 1. The van der Waals surface area contributed by atoms with Crippen molar-refractivity contribution >= 4 is 11.7 Å². The van der Waals surface area contributed by atoms with E-state index in [0.29, 0.717) is 5.92 Å². The van der Waals surface area contributed by atoms with Gasteiger partial charge in [0, 0.05) is 0 Å². The summed E-state index contributed by atoms with van der Waals surface area (Å²) >= 11 is 0. The Hall–Kier alpha value is -1.32. The van der Waals surface area contributed by atoms with Crippen LogP contribution in [0.4, 0.5) is 4.79 Å². The fourth-order valence-corrected chi connectivity index (χ4v) is 1.74. The summed E-state index contributed by atoms with van der Waals surface area (Å²) in [6.45, 7) is 4.28. The SMILES string of the molecule is CC(C)/C=C1\CCCC\C1=N/NC(N)=O. The van der Waals surface area contributed by atoms with Gasteiger partial charge in [0.15, 0.2) is 0 Å². The standard InChI is InChI=1S/C11H19N3O/c1-8(2)7-9-5-3-4-6-10(9)13-14-11(12)15/h7-8H,3-6H2,1-2H3,(H3,12,14,15)/b9-7+,13-10+. The van der Waals surface area contributed by atoms with Gasteiger partial charge < -0.3 is 5.73 Å². The summed E-state index contributed by atoms with van der Waals surface area (Å²) in [5.74, 6) is 0.511. The van der Waals surface area contributed by atoms with Crippen molar-refractivity contribution in [2.45, 2.75) is 39.5 Å². The predicted octanol–water partition coefficient (Wildman–Crippen LogP) is 2.17. The molecule has 0 heterocycles. The van der Waals surface area contributed by atoms with Crippen molar-refractivity contribution in [3.63, 3.8) is 0 Å². The highest BCUT2D eigenvalue weighted by Crippen LogP contribution is 2.22. The lowest BCUT2D eigenvalue weighted by Crippen LogP contribution is -2.26. The summed E-state index contributed by atoms with van der Waals surface area (Å²) in [4.78, 5) is 10.6. The molecule has 0 unspecified atom stereocenters. The van der Waals surface area contributed by atoms with Gasteiger partial charge in [0.1, 0.15) is 0 Å². The molecule has 1 aliphatic rings. The molecule has 0 radical (unpaired) electrons. The summed E-state index contributed by atoms with van der Waals surface area (Å²) < 4.78 is 0. The first-order valence-corrected chi connectivity index (χ1v) is 5.42. The number of nitrogens with zero attached hydrogens (tertiary/aromatic N) is 1. The zero-order chi connectivity index (χ0) is 11.3. The number of hydrazone groups is 1. The topological polar surface area (TPSA) is 67.5 Å². The number of carbonyl (C=O) groups is 1. The number of hydrogen-bond donors (Lipinski definition) is 2. The van der Waals surface area contributed by atoms with Crippen molar-refractivity contribution < 1.29 is 4.79 Å². The van der Waals surface area contributed by atoms with E-state index in [1.807, 2.05) is 0 Å². The Morgan fingerprint density at radius 2 is 2.13 bits per heavy atom. The monoisotopic (exact) mass is 209 g/mol. The van der Waals surface area contributed by atoms with Crippen LogP contribution >= 0.6 is 0 Å². The highest BCUT2D eigenvalue weighted by atomic mass is 16.2. The molecule has 1 aliphatic carbocycles. The molecular weight excluding hydrogens is 190 g/mol. The predicted molar refractivity (Wildman–Crippen MR) is 61.5 cm³/mol. The maximum absolute atomic E-state index is 10.6. The first-order chi connectivity index (χ1) is 7.09. The molecule has 0 aromatic heterocycles. The average molecular weight is 209 g/mol. The minimum atomic E-state index is -0.600. The van der Waals surface area contributed by atoms with Gasteiger partial charge in [-0.15, -0.1) is 0 Å². The van der Waals surface area contributed by atoms with E-state index < -0.39 is 6.03 Å². The van der Waals surface area contributed by atoms with Gasteiger partial charge in [0.25, 0.3) is 0 Å². The van der Waals surface area contributed by atoms with Crippen LogP contribution in [-0.4, -0.2) is 11.7 Å². The van der Waals surface area contributed by atoms with Gasteiger partial charge >= 0.3 is 6.03 Å². The Balaban J connectivity index is 2.73. The second-order valence-electron chi connectivity index (χ2n) is 4.18. The lowest BCUT2D eigenvalue weighted by Gasteiger charge is -2.17. The molecular formula is C11H19N3O. The van der Waals surface area contributed by atoms with Crippen LogP contribution < -0.4 is 11.2 Å². The van der Waals surface area contributed by atoms with E-state index in [-0.39, 0.29) is 0 Å². The van der Waals surface area contributed by atoms with Crippen LogP contribution in [-0.2, 0) is 0 Å². The summed E-state index contributed by atoms with van der Waals surface area (Å²) in [5, 5.41) is 4.04. The molecule has 4 nitrogen and oxygen atoms in total. The molecule has 0 bridgehead atoms. The molecule has 4 heteroatoms. The quantitative estimate of drug-likeness (QED) is 0.672. The summed E-state index contributed by atoms with van der Waals surface area (Å²) in [7, 11) is 0. The molecule has 1 fully saturated rings. The fourth-order valence-electron chi connectivity index (χ4n) is 1.74. The van der Waals surface area contributed by atoms with Gasteiger partial charge in [-0.05, 0) is 37.2 Å². The van der Waals surface area contributed by atoms with E-state index in [4.69, 9.17) is 5.73 Å². The molecule has 1 rings (SSSR count). The van der Waals surface area contributed by atoms with Crippen molar-refractivity contribution in [1.82, 2.24) is 5.43 Å². The van der Waals surface area contributed by atoms with E-state index in [0.717, 1.165) is 25.0 Å². The van der Waals surface area contributed by atoms with Crippen LogP contribution in [0.2, 0.25) is 0 Å². The molecule has 0 aliphatic heterocycles. The number of hydrogen-bond acceptors (Lipinski definition) is 2. The first-order valence-electron chi connectivity index (χ1n) is 5.42. The minimum Gasteiger partial charge on any atom is -0.350 e. The zero-order valence-corrected chi connectivity index (χ0v) is 9.42. The number of amides is 2. The Morgan fingerprint density at radius 3 is 2.73 bits per heavy atom. The van der Waals surface area contributed by atoms with Gasteiger partial charge in [-0.25, -0.2) is 10.2 Å². The Bertz CT molecular complexity index is 292. The number of nitrogens with one attached hydrogen (secondary N) is 1. The van der Waals surface area contributed by atoms with Crippen LogP contribution in [0.3, 0.4) is 0 Å². The van der Waals surface area contributed by atoms with E-state index in [2.05, 4.69) is 30.5 Å². The van der Waals surface area contributed by atoms with Gasteiger partial charge in [0.05, 0.1) is 5.71 Å². The molecule has 15 heavy (non-hydrogen) atoms. The van der Waals surface area contributed by atoms with Crippen LogP contribution in [0.5, 0.6) is 0 Å². The lowest BCUT2D eigenvalue weighted by atomic mass is 9.91. The highest BCUT2D eigenvalue weighted by Gasteiger charge is 2.13. The minimum absolute atomic E-state index is 0.511. The van der Waals surface area contributed by atoms with Crippen LogP contribution in [0.1, 0.15) is 39.5 Å². The van der Waals surface area contributed by atoms with Crippen LogP contribution in [0, 0.1) is 5.92 Å². The van der Waals surface area contributed by atoms with Crippen molar-refractivity contribution in [3.8, 4) is 0 Å². The highest BCUT2D eigenvalue weighted by molar-refractivity contribution is 6.01. The fraction of sp³-hybridized carbons (Fsp3) is 0.636. The number of allylic oxidation sites excluding steroid dienone is 2. The summed E-state index contributed by atoms with van der Waals surface area (Å²) in [5.41, 5.74) is 9.52. The van der Waals surface area contributed by atoms with Gasteiger partial charge in [-0.2, -0.15) is 5.10 Å². The molecule has 0 spiro atoms. The van der Waals surface area contributed by atoms with E-state index in [1.165, 1.54) is 12.0 Å². The van der Waals surface area contributed by atoms with Crippen LogP contribution in [0.25, 0.3) is 0 Å². The number of primary amides is 1. The molecule has 0 saturated heterocycles. The number of carbonyl (C=O) groups excluding carboxylic acids is 1. The summed E-state index contributed by atoms with van der Waals surface area (Å²) in [6.07, 6.45) is 6.53. The van der Waals surface area contributed by atoms with Crippen molar-refractivity contribution in [1.29, 1.82) is 0 Å². The average Bonchev–Trinajstić information content (AvgIpc) is 2.15. The molecule has 3 N–H and O–H groups in total. The van der Waals surface area contributed by atoms with E-state index in [1.54, 1.807) is 0 Å². The lowest BCUT2D eigenvalue weighted by molar-refractivity contribution is 0.249. The van der Waals surface area contributed by atoms with Crippen molar-refractivity contribution in [2.75, 3.05) is 0 Å². The number of rotatable bonds is 2. The molecule has 2 amide bonds. The second-order valence-corrected chi connectivity index (χ2v) is 4.18. The summed E-state index contributed by atoms with van der Waals surface area (Å²) in [6, 6.07) is -0.600. The molecule has 84 valence electrons. The van der Waals surface area contributed by atoms with Gasteiger partial charge in [0.2, 0.25) is 0 Å². The normalized spacial score (nSPS) is 22.3. The third-order valence-electron chi connectivity index (χ3n) is 2.32. The van der Waals surface area contributed by atoms with Crippen LogP contribution in [0.15, 0.2) is 16.8 Å². The van der Waals surface area contributed by atoms with Gasteiger partial charge in [-0.3, -0.25) is 0 Å². The smallest absolute Gasteiger partial charge is 0.332 e. The van der Waals surface area contributed by atoms with E-state index >= 15 is 0 Å². The first kappa shape index (κ1) is 11.8. The molecule has 0 aromatic carbocycles. The zero-order valence-electron chi connectivity index (χ0n) is 9.42. The molecule has 0 atom stereocenters. The third kappa shape index (κ3) is 4.14. The Labute approximate surface area is 90.6 Å². The maximum Gasteiger partial charge on any atom is 0.332 e. The molecule has 1 saturated carbocycles. The van der Waals surface area contributed by atoms with Gasteiger partial charge in [-0.1, -0.05) is 19.9 Å². The largest absolute Gasteiger partial charge is 0.350 e. The van der Waals surface area contributed by atoms with Crippen molar-refractivity contribution in [2.24, 2.45) is 16.8 Å².